The summed E-state index contributed by atoms with van der Waals surface area (Å²) in [6.07, 6.45) is 0.241. The molecule has 0 fully saturated rings. The molecule has 0 bridgehead atoms. The Kier molecular flexibility index (Phi) is 3.17. The summed E-state index contributed by atoms with van der Waals surface area (Å²) in [6, 6.07) is 16.8. The minimum Gasteiger partial charge on any atom is -0.325 e. The lowest BCUT2D eigenvalue weighted by atomic mass is 10.1. The highest BCUT2D eigenvalue weighted by atomic mass is 32.2. The maximum atomic E-state index is 12.7. The van der Waals surface area contributed by atoms with Gasteiger partial charge in [0.05, 0.1) is 26.6 Å². The SMILES string of the molecule is O=C1C[C@H](c2ccccc2)[S@](=O)c2ccccc2N1. The molecule has 0 saturated carbocycles. The molecular weight excluding hydrogens is 258 g/mol. The lowest BCUT2D eigenvalue weighted by molar-refractivity contribution is -0.116. The Morgan fingerprint density at radius 1 is 1.00 bits per heavy atom. The van der Waals surface area contributed by atoms with Gasteiger partial charge >= 0.3 is 0 Å². The summed E-state index contributed by atoms with van der Waals surface area (Å²) in [5.41, 5.74) is 1.59. The van der Waals surface area contributed by atoms with Crippen LogP contribution in [0.4, 0.5) is 5.69 Å². The van der Waals surface area contributed by atoms with Crippen molar-refractivity contribution in [1.82, 2.24) is 0 Å². The van der Waals surface area contributed by atoms with Gasteiger partial charge in [0.25, 0.3) is 0 Å². The van der Waals surface area contributed by atoms with Crippen LogP contribution in [-0.2, 0) is 15.6 Å². The molecule has 96 valence electrons. The number of hydrogen-bond acceptors (Lipinski definition) is 2. The van der Waals surface area contributed by atoms with Crippen molar-refractivity contribution < 1.29 is 9.00 Å². The van der Waals surface area contributed by atoms with E-state index in [-0.39, 0.29) is 17.6 Å². The van der Waals surface area contributed by atoms with Crippen molar-refractivity contribution in [1.29, 1.82) is 0 Å². The number of carbonyl (C=O) groups is 1. The van der Waals surface area contributed by atoms with Gasteiger partial charge in [-0.1, -0.05) is 42.5 Å². The van der Waals surface area contributed by atoms with Crippen LogP contribution < -0.4 is 5.32 Å². The molecule has 0 saturated heterocycles. The van der Waals surface area contributed by atoms with E-state index in [0.717, 1.165) is 5.56 Å². The molecular formula is C15H13NO2S. The van der Waals surface area contributed by atoms with Gasteiger partial charge < -0.3 is 5.32 Å². The fraction of sp³-hybridized carbons (Fsp3) is 0.133. The topological polar surface area (TPSA) is 46.2 Å². The number of rotatable bonds is 1. The molecule has 0 aromatic heterocycles. The number of carbonyl (C=O) groups excluding carboxylic acids is 1. The second-order valence-electron chi connectivity index (χ2n) is 4.45. The van der Waals surface area contributed by atoms with Crippen LogP contribution in [0, 0.1) is 0 Å². The van der Waals surface area contributed by atoms with Crippen molar-refractivity contribution >= 4 is 22.4 Å². The van der Waals surface area contributed by atoms with Crippen LogP contribution in [0.25, 0.3) is 0 Å². The first-order valence-electron chi connectivity index (χ1n) is 6.10. The molecule has 0 aliphatic carbocycles. The number of para-hydroxylation sites is 1. The maximum absolute atomic E-state index is 12.7. The van der Waals surface area contributed by atoms with Crippen LogP contribution in [0.15, 0.2) is 59.5 Å². The van der Waals surface area contributed by atoms with E-state index < -0.39 is 10.8 Å². The van der Waals surface area contributed by atoms with E-state index in [1.165, 1.54) is 0 Å². The molecule has 1 N–H and O–H groups in total. The highest BCUT2D eigenvalue weighted by Gasteiger charge is 2.28. The maximum Gasteiger partial charge on any atom is 0.225 e. The molecule has 19 heavy (non-hydrogen) atoms. The van der Waals surface area contributed by atoms with Gasteiger partial charge in [0, 0.05) is 6.42 Å². The van der Waals surface area contributed by atoms with Crippen LogP contribution in [0.2, 0.25) is 0 Å². The van der Waals surface area contributed by atoms with Crippen molar-refractivity contribution in [2.75, 3.05) is 5.32 Å². The number of nitrogens with one attached hydrogen (secondary N) is 1. The first-order valence-corrected chi connectivity index (χ1v) is 7.31. The Labute approximate surface area is 114 Å². The zero-order valence-corrected chi connectivity index (χ0v) is 11.0. The van der Waals surface area contributed by atoms with E-state index >= 15 is 0 Å². The highest BCUT2D eigenvalue weighted by molar-refractivity contribution is 7.85. The summed E-state index contributed by atoms with van der Waals surface area (Å²) in [7, 11) is -1.23. The van der Waals surface area contributed by atoms with Gasteiger partial charge in [0.2, 0.25) is 5.91 Å². The monoisotopic (exact) mass is 271 g/mol. The van der Waals surface area contributed by atoms with Crippen molar-refractivity contribution in [3.8, 4) is 0 Å². The number of amides is 1. The van der Waals surface area contributed by atoms with Gasteiger partial charge in [-0.05, 0) is 17.7 Å². The summed E-state index contributed by atoms with van der Waals surface area (Å²) in [5.74, 6) is -0.0906. The van der Waals surface area contributed by atoms with Gasteiger partial charge in [-0.25, -0.2) is 0 Å². The Morgan fingerprint density at radius 3 is 2.47 bits per heavy atom. The Morgan fingerprint density at radius 2 is 1.68 bits per heavy atom. The molecule has 3 nitrogen and oxygen atoms in total. The molecule has 2 atom stereocenters. The third kappa shape index (κ3) is 2.31. The van der Waals surface area contributed by atoms with Crippen LogP contribution in [-0.4, -0.2) is 10.1 Å². The van der Waals surface area contributed by atoms with Crippen LogP contribution >= 0.6 is 0 Å². The fourth-order valence-electron chi connectivity index (χ4n) is 2.25. The van der Waals surface area contributed by atoms with Gasteiger partial charge in [-0.15, -0.1) is 0 Å². The molecule has 1 heterocycles. The summed E-state index contributed by atoms with van der Waals surface area (Å²) < 4.78 is 12.7. The normalized spacial score (nSPS) is 22.2. The number of hydrogen-bond donors (Lipinski definition) is 1. The second kappa shape index (κ2) is 4.97. The number of fused-ring (bicyclic) bond motifs is 1. The van der Waals surface area contributed by atoms with Gasteiger partial charge in [0.1, 0.15) is 0 Å². The van der Waals surface area contributed by atoms with E-state index in [2.05, 4.69) is 5.32 Å². The minimum atomic E-state index is -1.23. The third-order valence-electron chi connectivity index (χ3n) is 3.18. The summed E-state index contributed by atoms with van der Waals surface area (Å²) in [4.78, 5) is 12.6. The van der Waals surface area contributed by atoms with Crippen LogP contribution in [0.1, 0.15) is 17.2 Å². The molecule has 1 aliphatic heterocycles. The van der Waals surface area contributed by atoms with Gasteiger partial charge in [-0.2, -0.15) is 0 Å². The first kappa shape index (κ1) is 12.1. The minimum absolute atomic E-state index is 0.0906. The Bertz CT molecular complexity index is 640. The Balaban J connectivity index is 2.08. The fourth-order valence-corrected chi connectivity index (χ4v) is 3.82. The van der Waals surface area contributed by atoms with Crippen LogP contribution in [0.5, 0.6) is 0 Å². The van der Waals surface area contributed by atoms with E-state index in [1.807, 2.05) is 48.5 Å². The summed E-state index contributed by atoms with van der Waals surface area (Å²) in [6.45, 7) is 0. The van der Waals surface area contributed by atoms with E-state index in [9.17, 15) is 9.00 Å². The molecule has 0 unspecified atom stereocenters. The average molecular weight is 271 g/mol. The first-order chi connectivity index (χ1) is 9.25. The van der Waals surface area contributed by atoms with Crippen molar-refractivity contribution in [3.05, 3.63) is 60.2 Å². The van der Waals surface area contributed by atoms with Crippen molar-refractivity contribution in [2.45, 2.75) is 16.6 Å². The largest absolute Gasteiger partial charge is 0.325 e. The number of anilines is 1. The summed E-state index contributed by atoms with van der Waals surface area (Å²) >= 11 is 0. The predicted molar refractivity (Wildman–Crippen MR) is 75.3 cm³/mol. The molecule has 0 spiro atoms. The lowest BCUT2D eigenvalue weighted by Gasteiger charge is -2.13. The molecule has 2 aromatic carbocycles. The zero-order valence-electron chi connectivity index (χ0n) is 10.2. The standard InChI is InChI=1S/C15H13NO2S/c17-15-10-14(11-6-2-1-3-7-11)19(18)13-9-5-4-8-12(13)16-15/h1-9,14H,10H2,(H,16,17)/t14-,19-/m1/s1. The molecule has 3 rings (SSSR count). The second-order valence-corrected chi connectivity index (χ2v) is 6.05. The van der Waals surface area contributed by atoms with E-state index in [4.69, 9.17) is 0 Å². The van der Waals surface area contributed by atoms with E-state index in [0.29, 0.717) is 10.6 Å². The Hall–Kier alpha value is -1.94. The van der Waals surface area contributed by atoms with E-state index in [1.54, 1.807) is 6.07 Å². The predicted octanol–water partition coefficient (Wildman–Crippen LogP) is 2.88. The molecule has 4 heteroatoms. The average Bonchev–Trinajstić information content (AvgIpc) is 2.57. The smallest absolute Gasteiger partial charge is 0.225 e. The summed E-state index contributed by atoms with van der Waals surface area (Å²) in [5, 5.41) is 2.53. The third-order valence-corrected chi connectivity index (χ3v) is 4.92. The quantitative estimate of drug-likeness (QED) is 0.867. The zero-order chi connectivity index (χ0) is 13.2. The molecule has 2 aromatic rings. The van der Waals surface area contributed by atoms with Gasteiger partial charge in [0.15, 0.2) is 0 Å². The molecule has 1 amide bonds. The number of benzene rings is 2. The highest BCUT2D eigenvalue weighted by Crippen LogP contribution is 2.34. The van der Waals surface area contributed by atoms with Crippen LogP contribution in [0.3, 0.4) is 0 Å². The van der Waals surface area contributed by atoms with Gasteiger partial charge in [-0.3, -0.25) is 9.00 Å². The lowest BCUT2D eigenvalue weighted by Crippen LogP contribution is -2.13. The van der Waals surface area contributed by atoms with Crippen molar-refractivity contribution in [3.63, 3.8) is 0 Å². The van der Waals surface area contributed by atoms with Crippen molar-refractivity contribution in [2.24, 2.45) is 0 Å². The molecule has 0 radical (unpaired) electrons. The molecule has 1 aliphatic rings.